The molecule has 0 amide bonds. The van der Waals surface area contributed by atoms with E-state index in [1.54, 1.807) is 0 Å². The molecule has 1 N–H and O–H groups in total. The summed E-state index contributed by atoms with van der Waals surface area (Å²) in [4.78, 5) is 4.26. The lowest BCUT2D eigenvalue weighted by molar-refractivity contribution is 0.347. The molecule has 1 aromatic rings. The minimum absolute atomic E-state index is 0.266. The molecule has 12 heavy (non-hydrogen) atoms. The van der Waals surface area contributed by atoms with Crippen molar-refractivity contribution in [1.29, 1.82) is 0 Å². The van der Waals surface area contributed by atoms with E-state index >= 15 is 0 Å². The van der Waals surface area contributed by atoms with Gasteiger partial charge in [-0.1, -0.05) is 12.1 Å². The summed E-state index contributed by atoms with van der Waals surface area (Å²) in [7, 11) is 0. The highest BCUT2D eigenvalue weighted by Gasteiger charge is 2.22. The van der Waals surface area contributed by atoms with Crippen molar-refractivity contribution in [2.24, 2.45) is 0 Å². The third-order valence-electron chi connectivity index (χ3n) is 1.81. The minimum atomic E-state index is 0.266. The van der Waals surface area contributed by atoms with Gasteiger partial charge in [0, 0.05) is 18.1 Å². The maximum absolute atomic E-state index is 5.10. The fourth-order valence-corrected chi connectivity index (χ4v) is 2.04. The van der Waals surface area contributed by atoms with Gasteiger partial charge in [-0.3, -0.25) is 5.32 Å². The maximum atomic E-state index is 5.10. The van der Waals surface area contributed by atoms with E-state index in [1.165, 1.54) is 0 Å². The molecule has 1 aromatic heterocycles. The Morgan fingerprint density at radius 1 is 1.75 bits per heavy atom. The second-order valence-electron chi connectivity index (χ2n) is 2.67. The Kier molecular flexibility index (Phi) is 2.32. The van der Waals surface area contributed by atoms with Crippen LogP contribution < -0.4 is 5.32 Å². The van der Waals surface area contributed by atoms with Gasteiger partial charge in [-0.15, -0.1) is 11.8 Å². The second kappa shape index (κ2) is 3.45. The van der Waals surface area contributed by atoms with Crippen LogP contribution in [0, 0.1) is 0 Å². The van der Waals surface area contributed by atoms with E-state index in [0.717, 1.165) is 29.8 Å². The summed E-state index contributed by atoms with van der Waals surface area (Å²) in [6.07, 6.45) is 0.837. The first-order valence-corrected chi connectivity index (χ1v) is 5.19. The molecular formula is C7H11N3OS. The summed E-state index contributed by atoms with van der Waals surface area (Å²) in [6, 6.07) is 0.266. The molecule has 1 fully saturated rings. The van der Waals surface area contributed by atoms with E-state index in [0.29, 0.717) is 0 Å². The molecule has 1 atom stereocenters. The fourth-order valence-electron chi connectivity index (χ4n) is 1.11. The molecule has 0 unspecified atom stereocenters. The van der Waals surface area contributed by atoms with Crippen LogP contribution in [0.25, 0.3) is 0 Å². The zero-order chi connectivity index (χ0) is 8.39. The number of nitrogens with zero attached hydrogens (tertiary/aromatic N) is 2. The molecule has 66 valence electrons. The van der Waals surface area contributed by atoms with Gasteiger partial charge in [0.25, 0.3) is 0 Å². The first-order chi connectivity index (χ1) is 5.90. The second-order valence-corrected chi connectivity index (χ2v) is 3.70. The van der Waals surface area contributed by atoms with Gasteiger partial charge in [-0.05, 0) is 0 Å². The quantitative estimate of drug-likeness (QED) is 0.744. The Bertz CT molecular complexity index is 257. The zero-order valence-electron chi connectivity index (χ0n) is 6.91. The van der Waals surface area contributed by atoms with Crippen LogP contribution in [0.3, 0.4) is 0 Å². The van der Waals surface area contributed by atoms with E-state index < -0.39 is 0 Å². The van der Waals surface area contributed by atoms with E-state index in [2.05, 4.69) is 15.5 Å². The van der Waals surface area contributed by atoms with Crippen LogP contribution in [-0.4, -0.2) is 21.8 Å². The van der Waals surface area contributed by atoms with Gasteiger partial charge in [0.15, 0.2) is 5.82 Å². The van der Waals surface area contributed by atoms with E-state index in [-0.39, 0.29) is 6.04 Å². The molecule has 1 aliphatic rings. The molecule has 0 aliphatic carbocycles. The van der Waals surface area contributed by atoms with Crippen LogP contribution in [0.2, 0.25) is 0 Å². The first kappa shape index (κ1) is 8.07. The molecule has 1 saturated heterocycles. The largest absolute Gasteiger partial charge is 0.338 e. The molecular weight excluding hydrogens is 174 g/mol. The van der Waals surface area contributed by atoms with Gasteiger partial charge in [-0.2, -0.15) is 4.98 Å². The fraction of sp³-hybridized carbons (Fsp3) is 0.714. The molecule has 0 saturated carbocycles. The standard InChI is InChI=1S/C7H11N3OS/c1-2-6-9-7(11-10-6)5-3-12-4-8-5/h5,8H,2-4H2,1H3/t5-/m1/s1. The van der Waals surface area contributed by atoms with Gasteiger partial charge in [0.1, 0.15) is 0 Å². The van der Waals surface area contributed by atoms with Crippen molar-refractivity contribution in [3.05, 3.63) is 11.7 Å². The average Bonchev–Trinajstić information content (AvgIpc) is 2.75. The van der Waals surface area contributed by atoms with Crippen molar-refractivity contribution >= 4 is 11.8 Å². The molecule has 2 rings (SSSR count). The third-order valence-corrected chi connectivity index (χ3v) is 2.75. The van der Waals surface area contributed by atoms with Crippen molar-refractivity contribution in [1.82, 2.24) is 15.5 Å². The monoisotopic (exact) mass is 185 g/mol. The highest BCUT2D eigenvalue weighted by Crippen LogP contribution is 2.22. The highest BCUT2D eigenvalue weighted by atomic mass is 32.2. The van der Waals surface area contributed by atoms with Gasteiger partial charge in [0.2, 0.25) is 5.89 Å². The van der Waals surface area contributed by atoms with Crippen molar-refractivity contribution in [3.63, 3.8) is 0 Å². The summed E-state index contributed by atoms with van der Waals surface area (Å²) in [5, 5.41) is 7.12. The Balaban J connectivity index is 2.11. The number of hydrogen-bond donors (Lipinski definition) is 1. The molecule has 5 heteroatoms. The SMILES string of the molecule is CCc1noc([C@H]2CSCN2)n1. The molecule has 4 nitrogen and oxygen atoms in total. The first-order valence-electron chi connectivity index (χ1n) is 4.03. The van der Waals surface area contributed by atoms with Crippen molar-refractivity contribution in [2.45, 2.75) is 19.4 Å². The summed E-state index contributed by atoms with van der Waals surface area (Å²) in [5.41, 5.74) is 0. The summed E-state index contributed by atoms with van der Waals surface area (Å²) in [6.45, 7) is 2.02. The molecule has 0 bridgehead atoms. The molecule has 1 aliphatic heterocycles. The van der Waals surface area contributed by atoms with Crippen LogP contribution in [0.15, 0.2) is 4.52 Å². The van der Waals surface area contributed by atoms with Gasteiger partial charge < -0.3 is 4.52 Å². The topological polar surface area (TPSA) is 51.0 Å². The van der Waals surface area contributed by atoms with Crippen LogP contribution >= 0.6 is 11.8 Å². The molecule has 0 aromatic carbocycles. The molecule has 0 radical (unpaired) electrons. The number of aromatic nitrogens is 2. The van der Waals surface area contributed by atoms with E-state index in [4.69, 9.17) is 4.52 Å². The summed E-state index contributed by atoms with van der Waals surface area (Å²) in [5.74, 6) is 3.54. The number of thioether (sulfide) groups is 1. The van der Waals surface area contributed by atoms with Crippen molar-refractivity contribution in [2.75, 3.05) is 11.6 Å². The van der Waals surface area contributed by atoms with Crippen LogP contribution in [-0.2, 0) is 6.42 Å². The smallest absolute Gasteiger partial charge is 0.244 e. The third kappa shape index (κ3) is 1.47. The Labute approximate surface area is 75.1 Å². The maximum Gasteiger partial charge on any atom is 0.244 e. The highest BCUT2D eigenvalue weighted by molar-refractivity contribution is 7.99. The van der Waals surface area contributed by atoms with Gasteiger partial charge >= 0.3 is 0 Å². The van der Waals surface area contributed by atoms with E-state index in [9.17, 15) is 0 Å². The Hall–Kier alpha value is -0.550. The lowest BCUT2D eigenvalue weighted by Gasteiger charge is -1.99. The number of rotatable bonds is 2. The number of hydrogen-bond acceptors (Lipinski definition) is 5. The average molecular weight is 185 g/mol. The normalized spacial score (nSPS) is 23.2. The lowest BCUT2D eigenvalue weighted by Crippen LogP contribution is -2.14. The predicted molar refractivity (Wildman–Crippen MR) is 46.9 cm³/mol. The van der Waals surface area contributed by atoms with Crippen LogP contribution in [0.1, 0.15) is 24.7 Å². The van der Waals surface area contributed by atoms with E-state index in [1.807, 2.05) is 18.7 Å². The molecule has 0 spiro atoms. The predicted octanol–water partition coefficient (Wildman–Crippen LogP) is 0.967. The van der Waals surface area contributed by atoms with Crippen LogP contribution in [0.5, 0.6) is 0 Å². The van der Waals surface area contributed by atoms with Crippen molar-refractivity contribution < 1.29 is 4.52 Å². The van der Waals surface area contributed by atoms with Gasteiger partial charge in [0.05, 0.1) is 6.04 Å². The number of nitrogens with one attached hydrogen (secondary N) is 1. The zero-order valence-corrected chi connectivity index (χ0v) is 7.73. The van der Waals surface area contributed by atoms with Crippen LogP contribution in [0.4, 0.5) is 0 Å². The Morgan fingerprint density at radius 2 is 2.67 bits per heavy atom. The minimum Gasteiger partial charge on any atom is -0.338 e. The Morgan fingerprint density at radius 3 is 3.25 bits per heavy atom. The summed E-state index contributed by atoms with van der Waals surface area (Å²) >= 11 is 1.85. The number of aryl methyl sites for hydroxylation is 1. The van der Waals surface area contributed by atoms with Crippen molar-refractivity contribution in [3.8, 4) is 0 Å². The van der Waals surface area contributed by atoms with Gasteiger partial charge in [-0.25, -0.2) is 0 Å². The molecule has 2 heterocycles. The lowest BCUT2D eigenvalue weighted by atomic mass is 10.3. The summed E-state index contributed by atoms with van der Waals surface area (Å²) < 4.78 is 5.10.